The molecule has 1 aromatic carbocycles. The molecular weight excluding hydrogens is 319 g/mol. The molecule has 3 amide bonds. The average molecular weight is 333 g/mol. The zero-order valence-corrected chi connectivity index (χ0v) is 12.7. The summed E-state index contributed by atoms with van der Waals surface area (Å²) in [6, 6.07) is 3.77. The molecule has 0 aliphatic carbocycles. The van der Waals surface area contributed by atoms with Crippen molar-refractivity contribution in [1.82, 2.24) is 5.32 Å². The summed E-state index contributed by atoms with van der Waals surface area (Å²) >= 11 is 11.5. The van der Waals surface area contributed by atoms with Crippen LogP contribution in [0.2, 0.25) is 10.0 Å². The highest BCUT2D eigenvalue weighted by Gasteiger charge is 2.15. The summed E-state index contributed by atoms with van der Waals surface area (Å²) < 4.78 is 0. The van der Waals surface area contributed by atoms with Crippen molar-refractivity contribution >= 4 is 46.8 Å². The van der Waals surface area contributed by atoms with Gasteiger partial charge in [0.15, 0.2) is 0 Å². The summed E-state index contributed by atoms with van der Waals surface area (Å²) in [6.07, 6.45) is -0.192. The minimum Gasteiger partial charge on any atom is -0.481 e. The van der Waals surface area contributed by atoms with Crippen molar-refractivity contribution in [2.75, 3.05) is 5.32 Å². The fourth-order valence-corrected chi connectivity index (χ4v) is 1.90. The van der Waals surface area contributed by atoms with Crippen molar-refractivity contribution in [3.8, 4) is 0 Å². The van der Waals surface area contributed by atoms with Crippen LogP contribution in [0.1, 0.15) is 19.8 Å². The van der Waals surface area contributed by atoms with Crippen LogP contribution in [0.5, 0.6) is 0 Å². The topological polar surface area (TPSA) is 95.5 Å². The maximum atomic E-state index is 11.6. The van der Waals surface area contributed by atoms with Gasteiger partial charge in [-0.1, -0.05) is 30.1 Å². The van der Waals surface area contributed by atoms with Gasteiger partial charge in [0.25, 0.3) is 0 Å². The van der Waals surface area contributed by atoms with Crippen LogP contribution >= 0.6 is 23.2 Å². The first-order valence-corrected chi connectivity index (χ1v) is 6.81. The van der Waals surface area contributed by atoms with E-state index in [0.29, 0.717) is 10.7 Å². The molecule has 0 spiro atoms. The van der Waals surface area contributed by atoms with Gasteiger partial charge in [0.2, 0.25) is 5.91 Å². The molecular formula is C13H14Cl2N2O4. The van der Waals surface area contributed by atoms with Gasteiger partial charge in [0, 0.05) is 18.5 Å². The lowest BCUT2D eigenvalue weighted by Gasteiger charge is -2.10. The Morgan fingerprint density at radius 1 is 1.19 bits per heavy atom. The van der Waals surface area contributed by atoms with Crippen LogP contribution in [0.3, 0.4) is 0 Å². The average Bonchev–Trinajstić information content (AvgIpc) is 2.32. The third-order valence-electron chi connectivity index (χ3n) is 2.49. The minimum atomic E-state index is -0.990. The number of carbonyl (C=O) groups is 3. The predicted molar refractivity (Wildman–Crippen MR) is 79.7 cm³/mol. The summed E-state index contributed by atoms with van der Waals surface area (Å²) in [5.74, 6) is -1.91. The van der Waals surface area contributed by atoms with E-state index in [1.165, 1.54) is 18.2 Å². The number of nitrogens with one attached hydrogen (secondary N) is 2. The number of amides is 3. The molecule has 1 unspecified atom stereocenters. The molecule has 0 heterocycles. The lowest BCUT2D eigenvalue weighted by Crippen LogP contribution is -2.35. The Hall–Kier alpha value is -1.79. The van der Waals surface area contributed by atoms with E-state index >= 15 is 0 Å². The number of carbonyl (C=O) groups excluding carboxylic acids is 2. The molecule has 0 fully saturated rings. The molecule has 8 heteroatoms. The van der Waals surface area contributed by atoms with Crippen LogP contribution in [0.25, 0.3) is 0 Å². The summed E-state index contributed by atoms with van der Waals surface area (Å²) in [5, 5.41) is 13.7. The summed E-state index contributed by atoms with van der Waals surface area (Å²) in [6.45, 7) is 1.62. The zero-order chi connectivity index (χ0) is 16.0. The van der Waals surface area contributed by atoms with Crippen LogP contribution < -0.4 is 10.6 Å². The van der Waals surface area contributed by atoms with Gasteiger partial charge in [-0.3, -0.25) is 14.9 Å². The van der Waals surface area contributed by atoms with Crippen molar-refractivity contribution in [3.05, 3.63) is 28.2 Å². The number of rotatable bonds is 5. The van der Waals surface area contributed by atoms with Gasteiger partial charge in [-0.15, -0.1) is 0 Å². The Balaban J connectivity index is 2.47. The smallest absolute Gasteiger partial charge is 0.325 e. The number of hydrogen-bond acceptors (Lipinski definition) is 3. The molecule has 21 heavy (non-hydrogen) atoms. The first kappa shape index (κ1) is 17.3. The van der Waals surface area contributed by atoms with Crippen molar-refractivity contribution in [1.29, 1.82) is 0 Å². The van der Waals surface area contributed by atoms with E-state index in [0.717, 1.165) is 0 Å². The van der Waals surface area contributed by atoms with Crippen LogP contribution in [-0.2, 0) is 9.59 Å². The first-order valence-electron chi connectivity index (χ1n) is 6.05. The van der Waals surface area contributed by atoms with Gasteiger partial charge in [-0.25, -0.2) is 4.79 Å². The highest BCUT2D eigenvalue weighted by Crippen LogP contribution is 2.24. The van der Waals surface area contributed by atoms with E-state index in [2.05, 4.69) is 10.6 Å². The van der Waals surface area contributed by atoms with E-state index < -0.39 is 17.9 Å². The standard InChI is InChI=1S/C13H14Cl2N2O4/c1-7(5-12(19)20)4-11(18)17-13(21)16-8-2-3-9(14)10(15)6-8/h2-3,6-7H,4-5H2,1H3,(H,19,20)(H2,16,17,18,21). The molecule has 0 radical (unpaired) electrons. The molecule has 1 aromatic rings. The van der Waals surface area contributed by atoms with Crippen molar-refractivity contribution in [2.45, 2.75) is 19.8 Å². The van der Waals surface area contributed by atoms with Crippen molar-refractivity contribution in [3.63, 3.8) is 0 Å². The lowest BCUT2D eigenvalue weighted by molar-refractivity contribution is -0.138. The lowest BCUT2D eigenvalue weighted by atomic mass is 10.0. The van der Waals surface area contributed by atoms with Gasteiger partial charge < -0.3 is 10.4 Å². The molecule has 6 nitrogen and oxygen atoms in total. The summed E-state index contributed by atoms with van der Waals surface area (Å²) in [7, 11) is 0. The van der Waals surface area contributed by atoms with Crippen LogP contribution in [0, 0.1) is 5.92 Å². The molecule has 0 saturated heterocycles. The van der Waals surface area contributed by atoms with Gasteiger partial charge in [0.05, 0.1) is 10.0 Å². The zero-order valence-electron chi connectivity index (χ0n) is 11.2. The second kappa shape index (κ2) is 7.85. The molecule has 1 rings (SSSR count). The van der Waals surface area contributed by atoms with Crippen molar-refractivity contribution in [2.24, 2.45) is 5.92 Å². The largest absolute Gasteiger partial charge is 0.481 e. The number of benzene rings is 1. The van der Waals surface area contributed by atoms with E-state index in [1.807, 2.05) is 0 Å². The Morgan fingerprint density at radius 2 is 1.86 bits per heavy atom. The minimum absolute atomic E-state index is 0.0545. The Bertz CT molecular complexity index is 563. The summed E-state index contributed by atoms with van der Waals surface area (Å²) in [4.78, 5) is 33.6. The highest BCUT2D eigenvalue weighted by molar-refractivity contribution is 6.42. The van der Waals surface area contributed by atoms with Crippen LogP contribution in [0.4, 0.5) is 10.5 Å². The van der Waals surface area contributed by atoms with E-state index in [4.69, 9.17) is 28.3 Å². The number of imide groups is 1. The Kier molecular flexibility index (Phi) is 6.45. The second-order valence-electron chi connectivity index (χ2n) is 4.54. The fraction of sp³-hybridized carbons (Fsp3) is 0.308. The maximum Gasteiger partial charge on any atom is 0.325 e. The molecule has 0 aliphatic rings. The van der Waals surface area contributed by atoms with Gasteiger partial charge >= 0.3 is 12.0 Å². The number of carboxylic acid groups (broad SMARTS) is 1. The molecule has 114 valence electrons. The quantitative estimate of drug-likeness (QED) is 0.771. The van der Waals surface area contributed by atoms with E-state index in [9.17, 15) is 14.4 Å². The van der Waals surface area contributed by atoms with Crippen LogP contribution in [0.15, 0.2) is 18.2 Å². The number of urea groups is 1. The molecule has 3 N–H and O–H groups in total. The Labute approximate surface area is 131 Å². The Morgan fingerprint density at radius 3 is 2.43 bits per heavy atom. The van der Waals surface area contributed by atoms with Gasteiger partial charge in [-0.05, 0) is 24.1 Å². The number of carboxylic acids is 1. The number of aliphatic carboxylic acids is 1. The van der Waals surface area contributed by atoms with Gasteiger partial charge in [0.1, 0.15) is 0 Å². The number of halogens is 2. The molecule has 0 aliphatic heterocycles. The third-order valence-corrected chi connectivity index (χ3v) is 3.23. The third kappa shape index (κ3) is 6.46. The normalized spacial score (nSPS) is 11.6. The monoisotopic (exact) mass is 332 g/mol. The van der Waals surface area contributed by atoms with Gasteiger partial charge in [-0.2, -0.15) is 0 Å². The first-order chi connectivity index (χ1) is 9.77. The molecule has 0 bridgehead atoms. The van der Waals surface area contributed by atoms with E-state index in [1.54, 1.807) is 6.92 Å². The maximum absolute atomic E-state index is 11.6. The molecule has 0 saturated carbocycles. The molecule has 1 atom stereocenters. The highest BCUT2D eigenvalue weighted by atomic mass is 35.5. The van der Waals surface area contributed by atoms with E-state index in [-0.39, 0.29) is 23.8 Å². The molecule has 0 aromatic heterocycles. The van der Waals surface area contributed by atoms with Crippen molar-refractivity contribution < 1.29 is 19.5 Å². The van der Waals surface area contributed by atoms with Crippen LogP contribution in [-0.4, -0.2) is 23.0 Å². The number of anilines is 1. The predicted octanol–water partition coefficient (Wildman–Crippen LogP) is 3.14. The number of hydrogen-bond donors (Lipinski definition) is 3. The summed E-state index contributed by atoms with van der Waals surface area (Å²) in [5.41, 5.74) is 0.383. The second-order valence-corrected chi connectivity index (χ2v) is 5.35. The SMILES string of the molecule is CC(CC(=O)O)CC(=O)NC(=O)Nc1ccc(Cl)c(Cl)c1. The fourth-order valence-electron chi connectivity index (χ4n) is 1.60.